The molecule has 5 heteroatoms. The van der Waals surface area contributed by atoms with Gasteiger partial charge in [-0.05, 0) is 58.5 Å². The minimum absolute atomic E-state index is 0.740. The van der Waals surface area contributed by atoms with Gasteiger partial charge in [-0.2, -0.15) is 0 Å². The molecule has 24 heavy (non-hydrogen) atoms. The van der Waals surface area contributed by atoms with Crippen LogP contribution in [0.5, 0.6) is 0 Å². The Morgan fingerprint density at radius 3 is 2.42 bits per heavy atom. The molecule has 128 valence electrons. The fraction of sp³-hybridized carbons (Fsp3) is 0.526. The van der Waals surface area contributed by atoms with Crippen LogP contribution in [-0.2, 0) is 0 Å². The van der Waals surface area contributed by atoms with Gasteiger partial charge < -0.3 is 9.47 Å². The number of likely N-dealkylation sites (tertiary alicyclic amines) is 1. The number of imidazole rings is 1. The first-order chi connectivity index (χ1) is 11.6. The average molecular weight is 389 g/mol. The van der Waals surface area contributed by atoms with Crippen LogP contribution in [0.3, 0.4) is 0 Å². The molecule has 4 nitrogen and oxygen atoms in total. The topological polar surface area (TPSA) is 24.3 Å². The van der Waals surface area contributed by atoms with Crippen molar-refractivity contribution in [3.8, 4) is 5.69 Å². The van der Waals surface area contributed by atoms with Crippen LogP contribution in [0.15, 0.2) is 41.4 Å². The summed E-state index contributed by atoms with van der Waals surface area (Å²) >= 11 is 3.40. The van der Waals surface area contributed by atoms with Gasteiger partial charge in [-0.15, -0.1) is 0 Å². The van der Waals surface area contributed by atoms with Crippen molar-refractivity contribution < 1.29 is 0 Å². The smallest absolute Gasteiger partial charge is 0.124 e. The second kappa shape index (κ2) is 6.52. The van der Waals surface area contributed by atoms with Gasteiger partial charge in [0.2, 0.25) is 0 Å². The fourth-order valence-corrected chi connectivity index (χ4v) is 4.13. The zero-order chi connectivity index (χ0) is 16.7. The molecule has 1 aromatic heterocycles. The van der Waals surface area contributed by atoms with Crippen molar-refractivity contribution in [3.63, 3.8) is 0 Å². The largest absolute Gasteiger partial charge is 0.370 e. The summed E-state index contributed by atoms with van der Waals surface area (Å²) in [4.78, 5) is 9.43. The zero-order valence-corrected chi connectivity index (χ0v) is 16.0. The molecule has 1 unspecified atom stereocenters. The second-order valence-corrected chi connectivity index (χ2v) is 8.28. The van der Waals surface area contributed by atoms with Crippen molar-refractivity contribution >= 4 is 21.6 Å². The van der Waals surface area contributed by atoms with E-state index in [-0.39, 0.29) is 0 Å². The first-order valence-electron chi connectivity index (χ1n) is 8.89. The number of hydrogen-bond acceptors (Lipinski definition) is 3. The molecule has 2 saturated heterocycles. The Morgan fingerprint density at radius 1 is 1.08 bits per heavy atom. The fourth-order valence-electron chi connectivity index (χ4n) is 3.82. The number of benzene rings is 1. The summed E-state index contributed by atoms with van der Waals surface area (Å²) < 4.78 is 2.90. The third kappa shape index (κ3) is 3.11. The van der Waals surface area contributed by atoms with Gasteiger partial charge in [0, 0.05) is 49.8 Å². The molecule has 0 saturated carbocycles. The predicted molar refractivity (Wildman–Crippen MR) is 102 cm³/mol. The molecule has 0 amide bonds. The summed E-state index contributed by atoms with van der Waals surface area (Å²) in [6, 6.07) is 9.56. The number of hydrogen-bond donors (Lipinski definition) is 0. The van der Waals surface area contributed by atoms with Crippen LogP contribution in [0.1, 0.15) is 20.3 Å². The summed E-state index contributed by atoms with van der Waals surface area (Å²) in [5, 5.41) is 0. The third-order valence-corrected chi connectivity index (χ3v) is 6.03. The molecule has 0 aliphatic carbocycles. The molecule has 2 fully saturated rings. The molecule has 0 bridgehead atoms. The van der Waals surface area contributed by atoms with Gasteiger partial charge in [-0.3, -0.25) is 4.90 Å². The van der Waals surface area contributed by atoms with Crippen LogP contribution < -0.4 is 4.90 Å². The molecule has 0 spiro atoms. The Bertz CT molecular complexity index is 688. The zero-order valence-electron chi connectivity index (χ0n) is 14.4. The van der Waals surface area contributed by atoms with Gasteiger partial charge in [0.1, 0.15) is 10.9 Å². The van der Waals surface area contributed by atoms with Crippen molar-refractivity contribution in [3.05, 3.63) is 41.4 Å². The van der Waals surface area contributed by atoms with E-state index in [0.29, 0.717) is 0 Å². The lowest BCUT2D eigenvalue weighted by atomic mass is 9.87. The van der Waals surface area contributed by atoms with Crippen molar-refractivity contribution in [2.75, 3.05) is 31.1 Å². The van der Waals surface area contributed by atoms with E-state index in [9.17, 15) is 0 Å². The summed E-state index contributed by atoms with van der Waals surface area (Å²) in [6.07, 6.45) is 5.11. The van der Waals surface area contributed by atoms with Crippen LogP contribution >= 0.6 is 15.9 Å². The molecule has 2 aromatic rings. The Hall–Kier alpha value is -1.33. The van der Waals surface area contributed by atoms with E-state index in [1.54, 1.807) is 0 Å². The van der Waals surface area contributed by atoms with Crippen LogP contribution in [0.25, 0.3) is 5.69 Å². The predicted octanol–water partition coefficient (Wildman–Crippen LogP) is 3.80. The maximum atomic E-state index is 4.22. The Morgan fingerprint density at radius 2 is 1.79 bits per heavy atom. The van der Waals surface area contributed by atoms with Gasteiger partial charge in [0.05, 0.1) is 0 Å². The van der Waals surface area contributed by atoms with E-state index in [0.717, 1.165) is 28.2 Å². The monoisotopic (exact) mass is 388 g/mol. The Labute approximate surface area is 152 Å². The van der Waals surface area contributed by atoms with Crippen LogP contribution in [0, 0.1) is 11.8 Å². The third-order valence-electron chi connectivity index (χ3n) is 5.62. The van der Waals surface area contributed by atoms with E-state index < -0.39 is 0 Å². The van der Waals surface area contributed by atoms with Gasteiger partial charge in [0.25, 0.3) is 0 Å². The quantitative estimate of drug-likeness (QED) is 0.795. The number of anilines is 1. The molecule has 0 N–H and O–H groups in total. The minimum atomic E-state index is 0.740. The molecule has 1 aromatic carbocycles. The van der Waals surface area contributed by atoms with Crippen LogP contribution in [0.2, 0.25) is 0 Å². The van der Waals surface area contributed by atoms with Crippen molar-refractivity contribution in [1.29, 1.82) is 0 Å². The molecule has 2 aliphatic heterocycles. The summed E-state index contributed by atoms with van der Waals surface area (Å²) in [5.41, 5.74) is 2.48. The number of halogens is 1. The van der Waals surface area contributed by atoms with E-state index in [1.165, 1.54) is 38.3 Å². The first kappa shape index (κ1) is 16.2. The Kier molecular flexibility index (Phi) is 4.39. The van der Waals surface area contributed by atoms with Crippen molar-refractivity contribution in [2.45, 2.75) is 26.3 Å². The van der Waals surface area contributed by atoms with Crippen LogP contribution in [-0.4, -0.2) is 46.7 Å². The highest BCUT2D eigenvalue weighted by molar-refractivity contribution is 9.10. The van der Waals surface area contributed by atoms with Crippen molar-refractivity contribution in [1.82, 2.24) is 14.5 Å². The minimum Gasteiger partial charge on any atom is -0.370 e. The average Bonchev–Trinajstić information content (AvgIpc) is 3.15. The normalized spacial score (nSPS) is 22.3. The molecule has 0 radical (unpaired) electrons. The second-order valence-electron chi connectivity index (χ2n) is 7.47. The standard InChI is InChI=1S/C19H25BrN4/c1-14(2)15-9-23(10-15)18-7-8-22(11-18)16-3-5-17(6-4-16)24-12-19(20)21-13-24/h3-6,12-15,18H,7-11H2,1-2H3. The molecule has 4 rings (SSSR count). The summed E-state index contributed by atoms with van der Waals surface area (Å²) in [7, 11) is 0. The summed E-state index contributed by atoms with van der Waals surface area (Å²) in [5.74, 6) is 1.74. The molecular weight excluding hydrogens is 364 g/mol. The first-order valence-corrected chi connectivity index (χ1v) is 9.68. The van der Waals surface area contributed by atoms with E-state index in [2.05, 4.69) is 68.8 Å². The Balaban J connectivity index is 1.37. The highest BCUT2D eigenvalue weighted by Gasteiger charge is 2.36. The highest BCUT2D eigenvalue weighted by Crippen LogP contribution is 2.31. The maximum absolute atomic E-state index is 4.22. The highest BCUT2D eigenvalue weighted by atomic mass is 79.9. The number of nitrogens with zero attached hydrogens (tertiary/aromatic N) is 4. The lowest BCUT2D eigenvalue weighted by Crippen LogP contribution is -2.54. The lowest BCUT2D eigenvalue weighted by molar-refractivity contribution is 0.0354. The molecule has 2 aliphatic rings. The van der Waals surface area contributed by atoms with Gasteiger partial charge >= 0.3 is 0 Å². The van der Waals surface area contributed by atoms with Crippen molar-refractivity contribution in [2.24, 2.45) is 11.8 Å². The van der Waals surface area contributed by atoms with Gasteiger partial charge in [-0.25, -0.2) is 4.98 Å². The van der Waals surface area contributed by atoms with E-state index >= 15 is 0 Å². The SMILES string of the molecule is CC(C)C1CN(C2CCN(c3ccc(-n4cnc(Br)c4)cc3)C2)C1. The van der Waals surface area contributed by atoms with E-state index in [4.69, 9.17) is 0 Å². The molecule has 3 heterocycles. The summed E-state index contributed by atoms with van der Waals surface area (Å²) in [6.45, 7) is 9.63. The van der Waals surface area contributed by atoms with E-state index in [1.807, 2.05) is 17.1 Å². The van der Waals surface area contributed by atoms with Gasteiger partial charge in [-0.1, -0.05) is 13.8 Å². The number of rotatable bonds is 4. The number of aromatic nitrogens is 2. The molecule has 1 atom stereocenters. The molecular formula is C19H25BrN4. The van der Waals surface area contributed by atoms with Crippen LogP contribution in [0.4, 0.5) is 5.69 Å². The van der Waals surface area contributed by atoms with Gasteiger partial charge in [0.15, 0.2) is 0 Å². The maximum Gasteiger partial charge on any atom is 0.124 e. The lowest BCUT2D eigenvalue weighted by Gasteiger charge is -2.45.